The maximum Gasteiger partial charge on any atom is 0.322 e. The number of hydrogen-bond acceptors (Lipinski definition) is 3. The van der Waals surface area contributed by atoms with Crippen LogP contribution in [0.5, 0.6) is 0 Å². The molecule has 1 aromatic rings. The maximum absolute atomic E-state index is 11.3. The molecule has 1 heterocycles. The van der Waals surface area contributed by atoms with Gasteiger partial charge in [-0.05, 0) is 16.7 Å². The molecule has 0 aromatic carbocycles. The molecule has 3 N–H and O–H groups in total. The molecule has 0 saturated heterocycles. The summed E-state index contributed by atoms with van der Waals surface area (Å²) in [4.78, 5) is 14.6. The average molecular weight is 230 g/mol. The van der Waals surface area contributed by atoms with Crippen LogP contribution >= 0.6 is 0 Å². The lowest BCUT2D eigenvalue weighted by Crippen LogP contribution is -2.33. The molecule has 0 fully saturated rings. The Labute approximate surface area is 99.1 Å². The molecule has 88 valence electrons. The highest BCUT2D eigenvalue weighted by molar-refractivity contribution is 5.77. The van der Waals surface area contributed by atoms with Crippen LogP contribution in [0.25, 0.3) is 6.08 Å². The van der Waals surface area contributed by atoms with Crippen LogP contribution in [0, 0.1) is 0 Å². The van der Waals surface area contributed by atoms with Crippen LogP contribution in [0.2, 0.25) is 0 Å². The molecule has 0 aliphatic heterocycles. The number of aromatic nitrogens is 1. The van der Waals surface area contributed by atoms with Gasteiger partial charge in [-0.2, -0.15) is 0 Å². The van der Waals surface area contributed by atoms with Crippen molar-refractivity contribution in [3.05, 3.63) is 40.7 Å². The third-order valence-electron chi connectivity index (χ3n) is 3.34. The molecule has 3 rings (SSSR count). The van der Waals surface area contributed by atoms with Gasteiger partial charge in [-0.15, -0.1) is 0 Å². The fourth-order valence-electron chi connectivity index (χ4n) is 2.32. The number of ether oxygens (including phenoxy) is 1. The van der Waals surface area contributed by atoms with Gasteiger partial charge >= 0.3 is 5.97 Å². The Bertz CT molecular complexity index is 540. The van der Waals surface area contributed by atoms with Gasteiger partial charge in [0.1, 0.15) is 6.04 Å². The lowest BCUT2D eigenvalue weighted by Gasteiger charge is -2.10. The molecular formula is C13H14N2O2. The molecule has 2 aliphatic carbocycles. The van der Waals surface area contributed by atoms with E-state index in [-0.39, 0.29) is 5.97 Å². The quantitative estimate of drug-likeness (QED) is 0.764. The number of carbonyl (C=O) groups excluding carboxylic acids is 1. The third kappa shape index (κ3) is 1.61. The van der Waals surface area contributed by atoms with Gasteiger partial charge < -0.3 is 15.5 Å². The van der Waals surface area contributed by atoms with Gasteiger partial charge in [0.15, 0.2) is 0 Å². The summed E-state index contributed by atoms with van der Waals surface area (Å²) in [5, 5.41) is 0. The van der Waals surface area contributed by atoms with E-state index in [4.69, 9.17) is 5.73 Å². The number of rotatable bonds is 3. The lowest BCUT2D eigenvalue weighted by atomic mass is 9.97. The van der Waals surface area contributed by atoms with Crippen LogP contribution in [0.3, 0.4) is 0 Å². The highest BCUT2D eigenvalue weighted by atomic mass is 16.5. The Hall–Kier alpha value is -1.81. The molecule has 1 aromatic heterocycles. The topological polar surface area (TPSA) is 68.1 Å². The summed E-state index contributed by atoms with van der Waals surface area (Å²) in [6.45, 7) is 0. The Morgan fingerprint density at radius 2 is 2.41 bits per heavy atom. The predicted octanol–water partition coefficient (Wildman–Crippen LogP) is 1.11. The van der Waals surface area contributed by atoms with Crippen molar-refractivity contribution in [3.63, 3.8) is 0 Å². The molecule has 0 radical (unpaired) electrons. The Morgan fingerprint density at radius 1 is 1.59 bits per heavy atom. The number of allylic oxidation sites excluding steroid dienone is 3. The van der Waals surface area contributed by atoms with Gasteiger partial charge in [-0.1, -0.05) is 18.2 Å². The van der Waals surface area contributed by atoms with Crippen molar-refractivity contribution >= 4 is 12.0 Å². The van der Waals surface area contributed by atoms with E-state index in [2.05, 4.69) is 27.9 Å². The van der Waals surface area contributed by atoms with E-state index < -0.39 is 6.04 Å². The van der Waals surface area contributed by atoms with E-state index in [1.165, 1.54) is 23.9 Å². The van der Waals surface area contributed by atoms with Crippen molar-refractivity contribution in [1.82, 2.24) is 4.98 Å². The summed E-state index contributed by atoms with van der Waals surface area (Å²) in [5.74, 6) is 0.0862. The zero-order chi connectivity index (χ0) is 12.0. The van der Waals surface area contributed by atoms with Crippen molar-refractivity contribution in [3.8, 4) is 0 Å². The standard InChI is InChI=1S/C13H14N2O2/c1-17-13(16)11(14)5-8-6-15-12-9(8)3-2-7-4-10(7)12/h2-4,6,10-11,15H,5,14H2,1H3/t10?,11-/m0/s1. The average Bonchev–Trinajstić information content (AvgIpc) is 3.04. The van der Waals surface area contributed by atoms with E-state index in [0.29, 0.717) is 12.3 Å². The van der Waals surface area contributed by atoms with E-state index in [9.17, 15) is 4.79 Å². The lowest BCUT2D eigenvalue weighted by molar-refractivity contribution is -0.142. The second-order valence-electron chi connectivity index (χ2n) is 4.45. The number of esters is 1. The van der Waals surface area contributed by atoms with E-state index in [0.717, 1.165) is 5.56 Å². The fourth-order valence-corrected chi connectivity index (χ4v) is 2.32. The first-order valence-corrected chi connectivity index (χ1v) is 5.64. The van der Waals surface area contributed by atoms with Gasteiger partial charge in [0, 0.05) is 24.2 Å². The maximum atomic E-state index is 11.3. The minimum atomic E-state index is -0.596. The third-order valence-corrected chi connectivity index (χ3v) is 3.34. The Morgan fingerprint density at radius 3 is 3.18 bits per heavy atom. The van der Waals surface area contributed by atoms with Crippen molar-refractivity contribution in [2.75, 3.05) is 7.11 Å². The number of hydrogen-bond donors (Lipinski definition) is 2. The second kappa shape index (κ2) is 3.60. The molecule has 2 aliphatic rings. The first kappa shape index (κ1) is 10.4. The Kier molecular flexibility index (Phi) is 2.19. The summed E-state index contributed by atoms with van der Waals surface area (Å²) in [5.41, 5.74) is 10.6. The fraction of sp³-hybridized carbons (Fsp3) is 0.308. The molecule has 4 heteroatoms. The molecule has 0 bridgehead atoms. The van der Waals surface area contributed by atoms with E-state index in [1.54, 1.807) is 0 Å². The second-order valence-corrected chi connectivity index (χ2v) is 4.45. The van der Waals surface area contributed by atoms with Crippen LogP contribution in [-0.4, -0.2) is 24.1 Å². The zero-order valence-electron chi connectivity index (χ0n) is 9.57. The summed E-state index contributed by atoms with van der Waals surface area (Å²) < 4.78 is 4.63. The minimum absolute atomic E-state index is 0.370. The van der Waals surface area contributed by atoms with Crippen LogP contribution in [-0.2, 0) is 16.0 Å². The molecule has 0 saturated carbocycles. The smallest absolute Gasteiger partial charge is 0.322 e. The summed E-state index contributed by atoms with van der Waals surface area (Å²) >= 11 is 0. The van der Waals surface area contributed by atoms with E-state index >= 15 is 0 Å². The molecule has 17 heavy (non-hydrogen) atoms. The van der Waals surface area contributed by atoms with Gasteiger partial charge in [0.2, 0.25) is 0 Å². The molecule has 4 nitrogen and oxygen atoms in total. The number of nitrogens with two attached hydrogens (primary N) is 1. The van der Waals surface area contributed by atoms with Crippen LogP contribution < -0.4 is 5.73 Å². The number of carbonyl (C=O) groups is 1. The van der Waals surface area contributed by atoms with Gasteiger partial charge in [0.25, 0.3) is 0 Å². The minimum Gasteiger partial charge on any atom is -0.468 e. The number of aromatic amines is 1. The van der Waals surface area contributed by atoms with Gasteiger partial charge in [-0.25, -0.2) is 0 Å². The Balaban J connectivity index is 1.82. The number of nitrogens with one attached hydrogen (secondary N) is 1. The van der Waals surface area contributed by atoms with Crippen molar-refractivity contribution in [2.24, 2.45) is 5.73 Å². The first-order valence-electron chi connectivity index (χ1n) is 5.64. The van der Waals surface area contributed by atoms with Crippen LogP contribution in [0.15, 0.2) is 23.9 Å². The van der Waals surface area contributed by atoms with Crippen molar-refractivity contribution in [1.29, 1.82) is 0 Å². The molecule has 0 spiro atoms. The SMILES string of the molecule is COC(=O)[C@@H](N)Cc1c[nH]c2c1C=CC1=CC12. The number of methoxy groups -OCH3 is 1. The highest BCUT2D eigenvalue weighted by Gasteiger charge is 2.32. The summed E-state index contributed by atoms with van der Waals surface area (Å²) in [6, 6.07) is -0.596. The predicted molar refractivity (Wildman–Crippen MR) is 64.3 cm³/mol. The molecular weight excluding hydrogens is 216 g/mol. The monoisotopic (exact) mass is 230 g/mol. The van der Waals surface area contributed by atoms with Crippen LogP contribution in [0.4, 0.5) is 0 Å². The first-order chi connectivity index (χ1) is 8.20. The van der Waals surface area contributed by atoms with Crippen LogP contribution in [0.1, 0.15) is 22.7 Å². The number of H-pyrrole nitrogens is 1. The van der Waals surface area contributed by atoms with Crippen molar-refractivity contribution < 1.29 is 9.53 Å². The largest absolute Gasteiger partial charge is 0.468 e. The highest BCUT2D eigenvalue weighted by Crippen LogP contribution is 2.45. The molecule has 1 unspecified atom stereocenters. The molecule has 2 atom stereocenters. The normalized spacial score (nSPS) is 21.3. The van der Waals surface area contributed by atoms with Crippen molar-refractivity contribution in [2.45, 2.75) is 18.4 Å². The zero-order valence-corrected chi connectivity index (χ0v) is 9.57. The van der Waals surface area contributed by atoms with Gasteiger partial charge in [-0.3, -0.25) is 4.79 Å². The summed E-state index contributed by atoms with van der Waals surface area (Å²) in [7, 11) is 1.36. The van der Waals surface area contributed by atoms with Gasteiger partial charge in [0.05, 0.1) is 7.11 Å². The van der Waals surface area contributed by atoms with E-state index in [1.807, 2.05) is 6.20 Å². The number of fused-ring (bicyclic) bond motifs is 3. The molecule has 0 amide bonds. The summed E-state index contributed by atoms with van der Waals surface area (Å²) in [6.07, 6.45) is 8.86.